The van der Waals surface area contributed by atoms with Gasteiger partial charge in [0.15, 0.2) is 0 Å². The highest BCUT2D eigenvalue weighted by Gasteiger charge is 2.18. The molecule has 1 aliphatic heterocycles. The molecule has 0 saturated carbocycles. The molecule has 0 amide bonds. The number of rotatable bonds is 4. The summed E-state index contributed by atoms with van der Waals surface area (Å²) in [5.74, 6) is 2.26. The van der Waals surface area contributed by atoms with Gasteiger partial charge < -0.3 is 5.32 Å². The minimum Gasteiger partial charge on any atom is -0.379 e. The lowest BCUT2D eigenvalue weighted by Crippen LogP contribution is -2.14. The van der Waals surface area contributed by atoms with Crippen LogP contribution in [0.1, 0.15) is 6.42 Å². The monoisotopic (exact) mass is 256 g/mol. The largest absolute Gasteiger partial charge is 0.379 e. The fourth-order valence-corrected chi connectivity index (χ4v) is 3.09. The van der Waals surface area contributed by atoms with Gasteiger partial charge in [0.05, 0.1) is 4.92 Å². The van der Waals surface area contributed by atoms with E-state index in [0.717, 1.165) is 24.0 Å². The first kappa shape index (κ1) is 12.2. The normalized spacial score (nSPS) is 19.2. The van der Waals surface area contributed by atoms with E-state index in [4.69, 9.17) is 0 Å². The maximum absolute atomic E-state index is 13.0. The van der Waals surface area contributed by atoms with Crippen LogP contribution in [0.4, 0.5) is 15.8 Å². The van der Waals surface area contributed by atoms with Gasteiger partial charge in [-0.05, 0) is 29.9 Å². The molecular weight excluding hydrogens is 243 g/mol. The minimum absolute atomic E-state index is 0.0722. The second kappa shape index (κ2) is 5.35. The van der Waals surface area contributed by atoms with Crippen molar-refractivity contribution in [2.75, 3.05) is 23.4 Å². The Balaban J connectivity index is 2.07. The third kappa shape index (κ3) is 3.09. The second-order valence-electron chi connectivity index (χ2n) is 4.03. The van der Waals surface area contributed by atoms with Crippen LogP contribution in [0.3, 0.4) is 0 Å². The third-order valence-electron chi connectivity index (χ3n) is 2.76. The Labute approximate surface area is 103 Å². The molecule has 0 aliphatic carbocycles. The number of thioether (sulfide) groups is 1. The van der Waals surface area contributed by atoms with Crippen molar-refractivity contribution in [2.24, 2.45) is 5.92 Å². The summed E-state index contributed by atoms with van der Waals surface area (Å²) in [6.45, 7) is 0.664. The number of hydrogen-bond acceptors (Lipinski definition) is 4. The topological polar surface area (TPSA) is 55.2 Å². The highest BCUT2D eigenvalue weighted by atomic mass is 32.2. The van der Waals surface area contributed by atoms with Crippen molar-refractivity contribution in [3.8, 4) is 0 Å². The lowest BCUT2D eigenvalue weighted by atomic mass is 10.1. The summed E-state index contributed by atoms with van der Waals surface area (Å²) in [6.07, 6.45) is 1.11. The Morgan fingerprint density at radius 2 is 2.41 bits per heavy atom. The maximum atomic E-state index is 13.0. The molecule has 92 valence electrons. The molecule has 1 heterocycles. The number of hydrogen-bond donors (Lipinski definition) is 1. The lowest BCUT2D eigenvalue weighted by Gasteiger charge is -2.11. The number of nitrogens with zero attached hydrogens (tertiary/aromatic N) is 1. The van der Waals surface area contributed by atoms with E-state index in [-0.39, 0.29) is 11.4 Å². The van der Waals surface area contributed by atoms with Crippen LogP contribution >= 0.6 is 11.8 Å². The molecule has 4 nitrogen and oxygen atoms in total. The lowest BCUT2D eigenvalue weighted by molar-refractivity contribution is -0.384. The highest BCUT2D eigenvalue weighted by Crippen LogP contribution is 2.27. The van der Waals surface area contributed by atoms with Crippen LogP contribution in [0.2, 0.25) is 0 Å². The molecule has 0 aromatic heterocycles. The number of nitro groups is 1. The Morgan fingerprint density at radius 3 is 3.06 bits per heavy atom. The van der Waals surface area contributed by atoms with Crippen LogP contribution in [0.5, 0.6) is 0 Å². The van der Waals surface area contributed by atoms with Gasteiger partial charge in [0, 0.05) is 18.7 Å². The summed E-state index contributed by atoms with van der Waals surface area (Å²) >= 11 is 1.88. The quantitative estimate of drug-likeness (QED) is 0.664. The van der Waals surface area contributed by atoms with Gasteiger partial charge in [-0.15, -0.1) is 0 Å². The summed E-state index contributed by atoms with van der Waals surface area (Å²) in [5, 5.41) is 13.8. The van der Waals surface area contributed by atoms with Gasteiger partial charge in [-0.25, -0.2) is 4.39 Å². The first-order chi connectivity index (χ1) is 8.16. The standard InChI is InChI=1S/C11H13FN2O2S/c12-9-1-2-11(14(15)16)10(5-9)13-6-8-3-4-17-7-8/h1-2,5,8,13H,3-4,6-7H2. The first-order valence-electron chi connectivity index (χ1n) is 5.42. The van der Waals surface area contributed by atoms with Gasteiger partial charge in [-0.2, -0.15) is 11.8 Å². The molecule has 6 heteroatoms. The van der Waals surface area contributed by atoms with Crippen molar-refractivity contribution in [3.05, 3.63) is 34.1 Å². The Kier molecular flexibility index (Phi) is 3.83. The summed E-state index contributed by atoms with van der Waals surface area (Å²) in [4.78, 5) is 10.3. The SMILES string of the molecule is O=[N+]([O-])c1ccc(F)cc1NCC1CCSC1. The van der Waals surface area contributed by atoms with Crippen molar-refractivity contribution >= 4 is 23.1 Å². The Morgan fingerprint density at radius 1 is 1.59 bits per heavy atom. The molecule has 1 atom stereocenters. The van der Waals surface area contributed by atoms with E-state index in [2.05, 4.69) is 5.32 Å². The van der Waals surface area contributed by atoms with Crippen molar-refractivity contribution in [3.63, 3.8) is 0 Å². The van der Waals surface area contributed by atoms with E-state index in [1.807, 2.05) is 11.8 Å². The van der Waals surface area contributed by atoms with Crippen molar-refractivity contribution in [1.82, 2.24) is 0 Å². The van der Waals surface area contributed by atoms with Crippen LogP contribution < -0.4 is 5.32 Å². The van der Waals surface area contributed by atoms with Gasteiger partial charge in [-0.3, -0.25) is 10.1 Å². The van der Waals surface area contributed by atoms with E-state index in [0.29, 0.717) is 12.5 Å². The smallest absolute Gasteiger partial charge is 0.292 e. The van der Waals surface area contributed by atoms with E-state index in [1.54, 1.807) is 0 Å². The van der Waals surface area contributed by atoms with Crippen LogP contribution in [0.25, 0.3) is 0 Å². The summed E-state index contributed by atoms with van der Waals surface area (Å²) < 4.78 is 13.0. The molecule has 1 N–H and O–H groups in total. The van der Waals surface area contributed by atoms with Crippen LogP contribution in [0.15, 0.2) is 18.2 Å². The van der Waals surface area contributed by atoms with Gasteiger partial charge in [0.1, 0.15) is 11.5 Å². The molecule has 1 aromatic rings. The average molecular weight is 256 g/mol. The molecule has 1 saturated heterocycles. The number of halogens is 1. The van der Waals surface area contributed by atoms with Crippen LogP contribution in [0, 0.1) is 21.8 Å². The fraction of sp³-hybridized carbons (Fsp3) is 0.455. The maximum Gasteiger partial charge on any atom is 0.292 e. The molecule has 0 bridgehead atoms. The second-order valence-corrected chi connectivity index (χ2v) is 5.18. The van der Waals surface area contributed by atoms with E-state index >= 15 is 0 Å². The van der Waals surface area contributed by atoms with Gasteiger partial charge in [0.25, 0.3) is 5.69 Å². The minimum atomic E-state index is -0.495. The molecule has 1 aliphatic rings. The fourth-order valence-electron chi connectivity index (χ4n) is 1.81. The highest BCUT2D eigenvalue weighted by molar-refractivity contribution is 7.99. The Bertz CT molecular complexity index is 422. The van der Waals surface area contributed by atoms with Crippen molar-refractivity contribution in [1.29, 1.82) is 0 Å². The van der Waals surface area contributed by atoms with Crippen molar-refractivity contribution < 1.29 is 9.31 Å². The zero-order valence-corrected chi connectivity index (χ0v) is 10.0. The Hall–Kier alpha value is -1.30. The van der Waals surface area contributed by atoms with Gasteiger partial charge in [0.2, 0.25) is 0 Å². The molecule has 1 fully saturated rings. The molecule has 17 heavy (non-hydrogen) atoms. The van der Waals surface area contributed by atoms with Crippen LogP contribution in [-0.2, 0) is 0 Å². The van der Waals surface area contributed by atoms with E-state index < -0.39 is 10.7 Å². The average Bonchev–Trinajstić information content (AvgIpc) is 2.78. The molecular formula is C11H13FN2O2S. The molecule has 0 spiro atoms. The number of nitro benzene ring substituents is 1. The van der Waals surface area contributed by atoms with Crippen LogP contribution in [-0.4, -0.2) is 23.0 Å². The number of anilines is 1. The first-order valence-corrected chi connectivity index (χ1v) is 6.58. The zero-order chi connectivity index (χ0) is 12.3. The predicted octanol–water partition coefficient (Wildman–Crippen LogP) is 2.90. The van der Waals surface area contributed by atoms with E-state index in [1.165, 1.54) is 12.1 Å². The van der Waals surface area contributed by atoms with Gasteiger partial charge in [-0.1, -0.05) is 0 Å². The summed E-state index contributed by atoms with van der Waals surface area (Å²) in [6, 6.07) is 3.48. The number of nitrogens with one attached hydrogen (secondary N) is 1. The summed E-state index contributed by atoms with van der Waals surface area (Å²) in [5.41, 5.74) is 0.198. The third-order valence-corrected chi connectivity index (χ3v) is 3.99. The molecule has 1 unspecified atom stereocenters. The van der Waals surface area contributed by atoms with Gasteiger partial charge >= 0.3 is 0 Å². The molecule has 1 aromatic carbocycles. The number of benzene rings is 1. The van der Waals surface area contributed by atoms with Crippen molar-refractivity contribution in [2.45, 2.75) is 6.42 Å². The predicted molar refractivity (Wildman–Crippen MR) is 67.0 cm³/mol. The van der Waals surface area contributed by atoms with E-state index in [9.17, 15) is 14.5 Å². The zero-order valence-electron chi connectivity index (χ0n) is 9.19. The molecule has 0 radical (unpaired) electrons. The summed E-state index contributed by atoms with van der Waals surface area (Å²) in [7, 11) is 0. The molecule has 2 rings (SSSR count).